The molecule has 0 aromatic heterocycles. The Balaban J connectivity index is 4.55. The highest BCUT2D eigenvalue weighted by Crippen LogP contribution is 2.30. The molecule has 1 unspecified atom stereocenters. The molecule has 0 radical (unpaired) electrons. The summed E-state index contributed by atoms with van der Waals surface area (Å²) in [6.45, 7) is 14.3. The van der Waals surface area contributed by atoms with E-state index in [2.05, 4.69) is 41.5 Å². The molecule has 0 aliphatic carbocycles. The molecule has 0 saturated heterocycles. The SMILES string of the molecule is CCCCC(CCCC)CCCC(CCCC(C)CC)CCCC(CCCC)CCCC. The van der Waals surface area contributed by atoms with E-state index in [-0.39, 0.29) is 0 Å². The van der Waals surface area contributed by atoms with E-state index < -0.39 is 0 Å². The fourth-order valence-corrected chi connectivity index (χ4v) is 5.62. The Bertz CT molecular complexity index is 304. The zero-order chi connectivity index (χ0) is 23.9. The Kier molecular flexibility index (Phi) is 24.1. The molecule has 0 bridgehead atoms. The van der Waals surface area contributed by atoms with Crippen LogP contribution < -0.4 is 0 Å². The average molecular weight is 451 g/mol. The van der Waals surface area contributed by atoms with E-state index >= 15 is 0 Å². The van der Waals surface area contributed by atoms with Gasteiger partial charge in [0, 0.05) is 0 Å². The molecule has 0 heteroatoms. The summed E-state index contributed by atoms with van der Waals surface area (Å²) in [7, 11) is 0. The highest BCUT2D eigenvalue weighted by molar-refractivity contribution is 4.68. The van der Waals surface area contributed by atoms with Crippen LogP contribution in [0.1, 0.15) is 183 Å². The van der Waals surface area contributed by atoms with Crippen LogP contribution in [0.5, 0.6) is 0 Å². The van der Waals surface area contributed by atoms with Gasteiger partial charge in [-0.15, -0.1) is 0 Å². The first-order chi connectivity index (χ1) is 15.6. The van der Waals surface area contributed by atoms with Crippen molar-refractivity contribution >= 4 is 0 Å². The van der Waals surface area contributed by atoms with Crippen molar-refractivity contribution in [1.29, 1.82) is 0 Å². The summed E-state index contributed by atoms with van der Waals surface area (Å²) in [6.07, 6.45) is 32.1. The Morgan fingerprint density at radius 2 is 0.594 bits per heavy atom. The van der Waals surface area contributed by atoms with E-state index in [0.29, 0.717) is 0 Å². The van der Waals surface area contributed by atoms with Crippen LogP contribution in [0.4, 0.5) is 0 Å². The van der Waals surface area contributed by atoms with Crippen molar-refractivity contribution in [2.24, 2.45) is 23.7 Å². The molecule has 0 amide bonds. The smallest absolute Gasteiger partial charge is 0.0414 e. The zero-order valence-electron chi connectivity index (χ0n) is 23.9. The van der Waals surface area contributed by atoms with Crippen LogP contribution in [0.15, 0.2) is 0 Å². The van der Waals surface area contributed by atoms with Gasteiger partial charge in [-0.25, -0.2) is 0 Å². The second-order valence-corrected chi connectivity index (χ2v) is 11.5. The summed E-state index contributed by atoms with van der Waals surface area (Å²) in [6, 6.07) is 0. The lowest BCUT2D eigenvalue weighted by Crippen LogP contribution is -2.07. The summed E-state index contributed by atoms with van der Waals surface area (Å²) in [5, 5.41) is 0. The molecule has 0 aromatic rings. The Labute approximate surface area is 206 Å². The van der Waals surface area contributed by atoms with Crippen molar-refractivity contribution in [2.75, 3.05) is 0 Å². The molecule has 0 N–H and O–H groups in total. The number of rotatable bonds is 25. The highest BCUT2D eigenvalue weighted by atomic mass is 14.2. The first-order valence-corrected chi connectivity index (χ1v) is 15.6. The van der Waals surface area contributed by atoms with Crippen LogP contribution in [0.25, 0.3) is 0 Å². The number of hydrogen-bond donors (Lipinski definition) is 0. The van der Waals surface area contributed by atoms with Gasteiger partial charge >= 0.3 is 0 Å². The minimum atomic E-state index is 0.926. The molecule has 0 spiro atoms. The largest absolute Gasteiger partial charge is 0.0654 e. The lowest BCUT2D eigenvalue weighted by atomic mass is 9.84. The molecule has 0 aliphatic heterocycles. The van der Waals surface area contributed by atoms with Crippen LogP contribution in [0, 0.1) is 23.7 Å². The van der Waals surface area contributed by atoms with E-state index in [1.807, 2.05) is 0 Å². The molecule has 32 heavy (non-hydrogen) atoms. The molecule has 1 atom stereocenters. The minimum absolute atomic E-state index is 0.926. The topological polar surface area (TPSA) is 0 Å². The van der Waals surface area contributed by atoms with Gasteiger partial charge in [0.2, 0.25) is 0 Å². The second-order valence-electron chi connectivity index (χ2n) is 11.5. The van der Waals surface area contributed by atoms with Gasteiger partial charge in [-0.1, -0.05) is 183 Å². The highest BCUT2D eigenvalue weighted by Gasteiger charge is 2.14. The third-order valence-corrected chi connectivity index (χ3v) is 8.32. The van der Waals surface area contributed by atoms with Gasteiger partial charge in [0.05, 0.1) is 0 Å². The molecule has 0 heterocycles. The predicted molar refractivity (Wildman–Crippen MR) is 150 cm³/mol. The van der Waals surface area contributed by atoms with Gasteiger partial charge in [-0.2, -0.15) is 0 Å². The first kappa shape index (κ1) is 32.0. The third-order valence-electron chi connectivity index (χ3n) is 8.32. The van der Waals surface area contributed by atoms with Crippen molar-refractivity contribution in [3.05, 3.63) is 0 Å². The average Bonchev–Trinajstić information content (AvgIpc) is 2.81. The predicted octanol–water partition coefficient (Wildman–Crippen LogP) is 12.2. The molecule has 0 saturated carbocycles. The van der Waals surface area contributed by atoms with Crippen LogP contribution >= 0.6 is 0 Å². The summed E-state index contributed by atoms with van der Waals surface area (Å²) in [5.41, 5.74) is 0. The maximum Gasteiger partial charge on any atom is -0.0414 e. The normalized spacial score (nSPS) is 13.0. The molecule has 0 fully saturated rings. The fourth-order valence-electron chi connectivity index (χ4n) is 5.62. The van der Waals surface area contributed by atoms with Crippen molar-refractivity contribution in [2.45, 2.75) is 183 Å². The van der Waals surface area contributed by atoms with Crippen molar-refractivity contribution in [1.82, 2.24) is 0 Å². The van der Waals surface area contributed by atoms with Crippen LogP contribution in [0.2, 0.25) is 0 Å². The van der Waals surface area contributed by atoms with Gasteiger partial charge < -0.3 is 0 Å². The fraction of sp³-hybridized carbons (Fsp3) is 1.00. The monoisotopic (exact) mass is 451 g/mol. The van der Waals surface area contributed by atoms with Crippen molar-refractivity contribution in [3.8, 4) is 0 Å². The standard InChI is InChI=1S/C32H66/c1-7-12-20-30(21-13-8-2)25-17-27-32(24-16-19-29(6)11-5)28-18-26-31(22-14-9-3)23-15-10-4/h29-32H,7-28H2,1-6H3. The van der Waals surface area contributed by atoms with Crippen molar-refractivity contribution in [3.63, 3.8) is 0 Å². The summed E-state index contributed by atoms with van der Waals surface area (Å²) in [5.74, 6) is 3.97. The van der Waals surface area contributed by atoms with Crippen LogP contribution in [-0.4, -0.2) is 0 Å². The molecule has 0 aromatic carbocycles. The van der Waals surface area contributed by atoms with Gasteiger partial charge in [-0.3, -0.25) is 0 Å². The Morgan fingerprint density at radius 1 is 0.344 bits per heavy atom. The van der Waals surface area contributed by atoms with E-state index in [9.17, 15) is 0 Å². The maximum absolute atomic E-state index is 2.45. The molecule has 0 rings (SSSR count). The Morgan fingerprint density at radius 3 is 0.844 bits per heavy atom. The molecule has 0 nitrogen and oxygen atoms in total. The molecular formula is C32H66. The van der Waals surface area contributed by atoms with Crippen LogP contribution in [0.3, 0.4) is 0 Å². The van der Waals surface area contributed by atoms with E-state index in [0.717, 1.165) is 23.7 Å². The van der Waals surface area contributed by atoms with Gasteiger partial charge in [0.15, 0.2) is 0 Å². The van der Waals surface area contributed by atoms with E-state index in [1.165, 1.54) is 141 Å². The number of unbranched alkanes of at least 4 members (excludes halogenated alkanes) is 4. The zero-order valence-corrected chi connectivity index (χ0v) is 23.9. The third kappa shape index (κ3) is 19.5. The quantitative estimate of drug-likeness (QED) is 0.130. The molecule has 0 aliphatic rings. The maximum atomic E-state index is 2.45. The molecular weight excluding hydrogens is 384 g/mol. The van der Waals surface area contributed by atoms with Gasteiger partial charge in [0.1, 0.15) is 0 Å². The van der Waals surface area contributed by atoms with Crippen molar-refractivity contribution < 1.29 is 0 Å². The lowest BCUT2D eigenvalue weighted by Gasteiger charge is -2.22. The van der Waals surface area contributed by atoms with Gasteiger partial charge in [0.25, 0.3) is 0 Å². The first-order valence-electron chi connectivity index (χ1n) is 15.6. The van der Waals surface area contributed by atoms with E-state index in [4.69, 9.17) is 0 Å². The van der Waals surface area contributed by atoms with Gasteiger partial charge in [-0.05, 0) is 23.7 Å². The summed E-state index contributed by atoms with van der Waals surface area (Å²) < 4.78 is 0. The number of hydrogen-bond acceptors (Lipinski definition) is 0. The Hall–Kier alpha value is 0. The second kappa shape index (κ2) is 24.1. The summed E-state index contributed by atoms with van der Waals surface area (Å²) in [4.78, 5) is 0. The lowest BCUT2D eigenvalue weighted by molar-refractivity contribution is 0.309. The minimum Gasteiger partial charge on any atom is -0.0654 e. The molecule has 194 valence electrons. The van der Waals surface area contributed by atoms with E-state index in [1.54, 1.807) is 0 Å². The summed E-state index contributed by atoms with van der Waals surface area (Å²) >= 11 is 0. The van der Waals surface area contributed by atoms with Crippen LogP contribution in [-0.2, 0) is 0 Å².